The van der Waals surface area contributed by atoms with Gasteiger partial charge in [-0.3, -0.25) is 0 Å². The Hall–Kier alpha value is -1.96. The quantitative estimate of drug-likeness (QED) is 0.0539. The molecule has 0 radical (unpaired) electrons. The van der Waals surface area contributed by atoms with E-state index < -0.39 is 34.4 Å². The van der Waals surface area contributed by atoms with Crippen LogP contribution in [-0.4, -0.2) is 0 Å². The maximum Gasteiger partial charge on any atom is 0.170 e. The second kappa shape index (κ2) is 17.5. The molecule has 234 valence electrons. The minimum absolute atomic E-state index is 0.0108. The molecule has 3 heterocycles. The predicted octanol–water partition coefficient (Wildman–Crippen LogP) is 14.0. The van der Waals surface area contributed by atoms with Gasteiger partial charge >= 0.3 is 0 Å². The van der Waals surface area contributed by atoms with Crippen molar-refractivity contribution in [2.24, 2.45) is 0 Å². The van der Waals surface area contributed by atoms with Crippen molar-refractivity contribution in [1.82, 2.24) is 0 Å². The standard InChI is InChI=1S/C36H44F4S3/c1-3-5-7-9-10-11-12-13-14-15-17-25-19-20-27(41-25)28-21-22-29(42-28)30-23-24-31(43-30)32-35(39)33(37)26(34(38)36(32)40)18-16-8-6-4-2/h19-24H,3-18H2,1-2H3. The lowest BCUT2D eigenvalue weighted by Crippen LogP contribution is -2.06. The first-order valence-electron chi connectivity index (χ1n) is 16.1. The van der Waals surface area contributed by atoms with Crippen LogP contribution in [0, 0.1) is 23.3 Å². The van der Waals surface area contributed by atoms with Gasteiger partial charge < -0.3 is 0 Å². The first-order valence-corrected chi connectivity index (χ1v) is 18.5. The van der Waals surface area contributed by atoms with Crippen molar-refractivity contribution in [3.8, 4) is 29.9 Å². The number of halogens is 4. The van der Waals surface area contributed by atoms with E-state index in [1.807, 2.05) is 24.3 Å². The number of benzene rings is 1. The van der Waals surface area contributed by atoms with Crippen LogP contribution in [0.15, 0.2) is 36.4 Å². The summed E-state index contributed by atoms with van der Waals surface area (Å²) in [5, 5.41) is 0. The fourth-order valence-electron chi connectivity index (χ4n) is 5.48. The monoisotopic (exact) mass is 648 g/mol. The van der Waals surface area contributed by atoms with Crippen molar-refractivity contribution < 1.29 is 17.6 Å². The molecular formula is C36H44F4S3. The molecule has 7 heteroatoms. The normalized spacial score (nSPS) is 11.6. The third kappa shape index (κ3) is 9.27. The number of hydrogen-bond acceptors (Lipinski definition) is 3. The molecule has 0 saturated carbocycles. The van der Waals surface area contributed by atoms with Crippen molar-refractivity contribution in [3.63, 3.8) is 0 Å². The van der Waals surface area contributed by atoms with Gasteiger partial charge in [0.1, 0.15) is 0 Å². The Morgan fingerprint density at radius 2 is 0.814 bits per heavy atom. The summed E-state index contributed by atoms with van der Waals surface area (Å²) in [6.07, 6.45) is 17.6. The van der Waals surface area contributed by atoms with Crippen molar-refractivity contribution in [3.05, 3.63) is 70.1 Å². The van der Waals surface area contributed by atoms with Crippen LogP contribution >= 0.6 is 34.0 Å². The van der Waals surface area contributed by atoms with Crippen molar-refractivity contribution in [2.45, 2.75) is 117 Å². The second-order valence-corrected chi connectivity index (χ2v) is 14.8. The highest BCUT2D eigenvalue weighted by Crippen LogP contribution is 2.43. The minimum atomic E-state index is -1.31. The fraction of sp³-hybridized carbons (Fsp3) is 0.500. The Labute approximate surface area is 267 Å². The zero-order valence-electron chi connectivity index (χ0n) is 25.5. The van der Waals surface area contributed by atoms with E-state index in [9.17, 15) is 8.78 Å². The van der Waals surface area contributed by atoms with Crippen molar-refractivity contribution >= 4 is 34.0 Å². The molecule has 0 bridgehead atoms. The van der Waals surface area contributed by atoms with Crippen LogP contribution in [0.4, 0.5) is 17.6 Å². The lowest BCUT2D eigenvalue weighted by Gasteiger charge is -2.11. The summed E-state index contributed by atoms with van der Waals surface area (Å²) >= 11 is 4.60. The first kappa shape index (κ1) is 33.9. The smallest absolute Gasteiger partial charge is 0.170 e. The molecule has 0 aliphatic heterocycles. The van der Waals surface area contributed by atoms with Crippen LogP contribution in [0.2, 0.25) is 0 Å². The van der Waals surface area contributed by atoms with Crippen LogP contribution in [0.1, 0.15) is 114 Å². The second-order valence-electron chi connectivity index (χ2n) is 11.4. The summed E-state index contributed by atoms with van der Waals surface area (Å²) in [6, 6.07) is 11.8. The SMILES string of the molecule is CCCCCCCCCCCCc1ccc(-c2ccc(-c3ccc(-c4c(F)c(F)c(CCCCCC)c(F)c4F)s3)s2)s1. The molecule has 0 amide bonds. The van der Waals surface area contributed by atoms with Gasteiger partial charge in [-0.2, -0.15) is 0 Å². The number of unbranched alkanes of at least 4 members (excludes halogenated alkanes) is 12. The topological polar surface area (TPSA) is 0 Å². The Kier molecular flexibility index (Phi) is 13.8. The molecule has 0 unspecified atom stereocenters. The highest BCUT2D eigenvalue weighted by Gasteiger charge is 2.27. The van der Waals surface area contributed by atoms with Gasteiger partial charge in [0.2, 0.25) is 0 Å². The predicted molar refractivity (Wildman–Crippen MR) is 180 cm³/mol. The summed E-state index contributed by atoms with van der Waals surface area (Å²) in [4.78, 5) is 5.72. The molecule has 4 aromatic rings. The van der Waals surface area contributed by atoms with Crippen LogP contribution < -0.4 is 0 Å². The summed E-state index contributed by atoms with van der Waals surface area (Å²) in [5.41, 5.74) is -1.10. The highest BCUT2D eigenvalue weighted by atomic mass is 32.1. The summed E-state index contributed by atoms with van der Waals surface area (Å²) in [6.45, 7) is 4.29. The van der Waals surface area contributed by atoms with Gasteiger partial charge in [0, 0.05) is 34.8 Å². The molecule has 0 saturated heterocycles. The Morgan fingerprint density at radius 1 is 0.419 bits per heavy atom. The van der Waals surface area contributed by atoms with Gasteiger partial charge in [0.15, 0.2) is 23.3 Å². The molecule has 43 heavy (non-hydrogen) atoms. The minimum Gasteiger partial charge on any atom is -0.203 e. The van der Waals surface area contributed by atoms with E-state index in [4.69, 9.17) is 0 Å². The molecule has 0 fully saturated rings. The van der Waals surface area contributed by atoms with E-state index in [2.05, 4.69) is 25.1 Å². The summed E-state index contributed by atoms with van der Waals surface area (Å²) in [7, 11) is 0. The number of hydrogen-bond donors (Lipinski definition) is 0. The van der Waals surface area contributed by atoms with Gasteiger partial charge in [-0.15, -0.1) is 34.0 Å². The van der Waals surface area contributed by atoms with E-state index in [1.165, 1.54) is 74.0 Å². The summed E-state index contributed by atoms with van der Waals surface area (Å²) < 4.78 is 59.8. The molecular weight excluding hydrogens is 605 g/mol. The zero-order chi connectivity index (χ0) is 30.6. The van der Waals surface area contributed by atoms with Crippen LogP contribution in [0.3, 0.4) is 0 Å². The zero-order valence-corrected chi connectivity index (χ0v) is 28.0. The van der Waals surface area contributed by atoms with Gasteiger partial charge in [-0.1, -0.05) is 90.9 Å². The lowest BCUT2D eigenvalue weighted by atomic mass is 10.0. The van der Waals surface area contributed by atoms with E-state index in [0.717, 1.165) is 51.7 Å². The first-order chi connectivity index (χ1) is 20.9. The maximum atomic E-state index is 15.1. The van der Waals surface area contributed by atoms with Gasteiger partial charge in [-0.25, -0.2) is 17.6 Å². The highest BCUT2D eigenvalue weighted by molar-refractivity contribution is 7.27. The van der Waals surface area contributed by atoms with Gasteiger partial charge in [0.05, 0.1) is 5.56 Å². The lowest BCUT2D eigenvalue weighted by molar-refractivity contribution is 0.440. The fourth-order valence-corrected chi connectivity index (χ4v) is 8.76. The average Bonchev–Trinajstić information content (AvgIpc) is 3.78. The van der Waals surface area contributed by atoms with Crippen LogP contribution in [0.5, 0.6) is 0 Å². The molecule has 0 nitrogen and oxygen atoms in total. The number of aryl methyl sites for hydroxylation is 1. The third-order valence-electron chi connectivity index (χ3n) is 8.02. The van der Waals surface area contributed by atoms with E-state index in [1.54, 1.807) is 23.5 Å². The van der Waals surface area contributed by atoms with Gasteiger partial charge in [0.25, 0.3) is 0 Å². The third-order valence-corrected chi connectivity index (χ3v) is 11.7. The molecule has 4 rings (SSSR count). The van der Waals surface area contributed by atoms with Gasteiger partial charge in [-0.05, 0) is 62.1 Å². The maximum absolute atomic E-state index is 15.1. The molecule has 0 atom stereocenters. The molecule has 3 aromatic heterocycles. The Balaban J connectivity index is 1.33. The van der Waals surface area contributed by atoms with Crippen LogP contribution in [-0.2, 0) is 12.8 Å². The van der Waals surface area contributed by atoms with E-state index in [0.29, 0.717) is 6.42 Å². The molecule has 1 aromatic carbocycles. The molecule has 0 N–H and O–H groups in total. The number of rotatable bonds is 19. The largest absolute Gasteiger partial charge is 0.203 e. The Bertz CT molecular complexity index is 1380. The van der Waals surface area contributed by atoms with E-state index in [-0.39, 0.29) is 11.3 Å². The summed E-state index contributed by atoms with van der Waals surface area (Å²) in [5.74, 6) is -5.16. The average molecular weight is 649 g/mol. The molecule has 0 aliphatic carbocycles. The van der Waals surface area contributed by atoms with Crippen molar-refractivity contribution in [2.75, 3.05) is 0 Å². The Morgan fingerprint density at radius 3 is 1.37 bits per heavy atom. The molecule has 0 spiro atoms. The molecule has 0 aliphatic rings. The van der Waals surface area contributed by atoms with Crippen molar-refractivity contribution in [1.29, 1.82) is 0 Å². The van der Waals surface area contributed by atoms with E-state index >= 15 is 8.78 Å². The number of thiophene rings is 3. The van der Waals surface area contributed by atoms with Crippen LogP contribution in [0.25, 0.3) is 29.9 Å².